The van der Waals surface area contributed by atoms with Crippen LogP contribution in [0.25, 0.3) is 0 Å². The number of amides is 1. The molecule has 0 bridgehead atoms. The van der Waals surface area contributed by atoms with E-state index in [1.54, 1.807) is 48.5 Å². The van der Waals surface area contributed by atoms with Crippen LogP contribution in [0, 0.1) is 5.82 Å². The lowest BCUT2D eigenvalue weighted by Crippen LogP contribution is -2.14. The minimum atomic E-state index is -0.358. The minimum absolute atomic E-state index is 0.171. The van der Waals surface area contributed by atoms with Gasteiger partial charge in [-0.3, -0.25) is 9.78 Å². The van der Waals surface area contributed by atoms with Crippen molar-refractivity contribution in [2.75, 3.05) is 17.4 Å². The largest absolute Gasteiger partial charge is 0.454 e. The van der Waals surface area contributed by atoms with Crippen LogP contribution in [0.15, 0.2) is 60.8 Å². The first-order valence-electron chi connectivity index (χ1n) is 8.33. The Labute approximate surface area is 155 Å². The Hall–Kier alpha value is -3.61. The van der Waals surface area contributed by atoms with E-state index in [-0.39, 0.29) is 24.2 Å². The van der Waals surface area contributed by atoms with Gasteiger partial charge in [0.15, 0.2) is 11.5 Å². The average molecular weight is 365 g/mol. The standard InChI is InChI=1S/C20H16FN3O3/c21-16-4-2-1-3-13(16)11-23-14-7-8-22-17(9-14)20(25)24-15-5-6-18-19(10-15)27-12-26-18/h1-10H,11-12H2,(H,22,23)(H,24,25). The van der Waals surface area contributed by atoms with Crippen LogP contribution >= 0.6 is 0 Å². The number of fused-ring (bicyclic) bond motifs is 1. The van der Waals surface area contributed by atoms with Crippen molar-refractivity contribution in [3.8, 4) is 11.5 Å². The van der Waals surface area contributed by atoms with Crippen molar-refractivity contribution in [1.29, 1.82) is 0 Å². The molecule has 1 amide bonds. The first-order chi connectivity index (χ1) is 13.2. The third-order valence-corrected chi connectivity index (χ3v) is 4.06. The number of pyridine rings is 1. The van der Waals surface area contributed by atoms with Gasteiger partial charge in [0, 0.05) is 35.7 Å². The van der Waals surface area contributed by atoms with Gasteiger partial charge >= 0.3 is 0 Å². The molecule has 136 valence electrons. The van der Waals surface area contributed by atoms with Crippen LogP contribution in [-0.4, -0.2) is 17.7 Å². The maximum Gasteiger partial charge on any atom is 0.274 e. The Kier molecular flexibility index (Phi) is 4.57. The number of nitrogens with zero attached hydrogens (tertiary/aromatic N) is 1. The van der Waals surface area contributed by atoms with Crippen molar-refractivity contribution in [3.05, 3.63) is 77.9 Å². The van der Waals surface area contributed by atoms with Crippen LogP contribution in [0.5, 0.6) is 11.5 Å². The van der Waals surface area contributed by atoms with Crippen LogP contribution in [0.1, 0.15) is 16.1 Å². The lowest BCUT2D eigenvalue weighted by atomic mass is 10.2. The average Bonchev–Trinajstić information content (AvgIpc) is 3.15. The zero-order chi connectivity index (χ0) is 18.6. The SMILES string of the molecule is O=C(Nc1ccc2c(c1)OCO2)c1cc(NCc2ccccc2F)ccn1. The molecule has 1 aliphatic rings. The second-order valence-electron chi connectivity index (χ2n) is 5.90. The summed E-state index contributed by atoms with van der Waals surface area (Å²) in [6, 6.07) is 15.0. The predicted molar refractivity (Wildman–Crippen MR) is 98.5 cm³/mol. The fourth-order valence-electron chi connectivity index (χ4n) is 2.67. The molecular formula is C20H16FN3O3. The molecule has 1 aromatic heterocycles. The van der Waals surface area contributed by atoms with Gasteiger partial charge in [-0.15, -0.1) is 0 Å². The van der Waals surface area contributed by atoms with Gasteiger partial charge in [-0.05, 0) is 30.3 Å². The van der Waals surface area contributed by atoms with Crippen LogP contribution in [-0.2, 0) is 6.54 Å². The highest BCUT2D eigenvalue weighted by molar-refractivity contribution is 6.03. The van der Waals surface area contributed by atoms with E-state index in [9.17, 15) is 9.18 Å². The highest BCUT2D eigenvalue weighted by Gasteiger charge is 2.15. The molecule has 0 spiro atoms. The molecule has 0 unspecified atom stereocenters. The first kappa shape index (κ1) is 16.8. The Morgan fingerprint density at radius 3 is 2.78 bits per heavy atom. The number of carbonyl (C=O) groups is 1. The number of ether oxygens (including phenoxy) is 2. The molecule has 0 radical (unpaired) electrons. The summed E-state index contributed by atoms with van der Waals surface area (Å²) in [4.78, 5) is 16.6. The van der Waals surface area contributed by atoms with E-state index >= 15 is 0 Å². The van der Waals surface area contributed by atoms with Crippen LogP contribution < -0.4 is 20.1 Å². The number of carbonyl (C=O) groups excluding carboxylic acids is 1. The molecule has 0 fully saturated rings. The molecule has 27 heavy (non-hydrogen) atoms. The molecule has 1 aliphatic heterocycles. The number of aromatic nitrogens is 1. The molecule has 0 aliphatic carbocycles. The van der Waals surface area contributed by atoms with Gasteiger partial charge in [0.1, 0.15) is 11.5 Å². The van der Waals surface area contributed by atoms with E-state index in [0.717, 1.165) is 0 Å². The number of halogens is 1. The Balaban J connectivity index is 1.44. The Morgan fingerprint density at radius 1 is 1.04 bits per heavy atom. The number of benzene rings is 2. The van der Waals surface area contributed by atoms with E-state index in [1.807, 2.05) is 0 Å². The van der Waals surface area contributed by atoms with Crippen molar-refractivity contribution in [2.24, 2.45) is 0 Å². The number of anilines is 2. The highest BCUT2D eigenvalue weighted by atomic mass is 19.1. The van der Waals surface area contributed by atoms with Gasteiger partial charge in [0.2, 0.25) is 6.79 Å². The van der Waals surface area contributed by atoms with E-state index in [1.165, 1.54) is 12.3 Å². The molecule has 0 atom stereocenters. The quantitative estimate of drug-likeness (QED) is 0.719. The van der Waals surface area contributed by atoms with E-state index in [0.29, 0.717) is 35.0 Å². The van der Waals surface area contributed by atoms with E-state index in [4.69, 9.17) is 9.47 Å². The summed E-state index contributed by atoms with van der Waals surface area (Å²) in [5.41, 5.74) is 2.03. The van der Waals surface area contributed by atoms with Gasteiger partial charge in [-0.1, -0.05) is 18.2 Å². The Bertz CT molecular complexity index is 994. The lowest BCUT2D eigenvalue weighted by Gasteiger charge is -2.09. The maximum absolute atomic E-state index is 13.7. The minimum Gasteiger partial charge on any atom is -0.454 e. The van der Waals surface area contributed by atoms with Crippen molar-refractivity contribution in [3.63, 3.8) is 0 Å². The summed E-state index contributed by atoms with van der Waals surface area (Å²) in [5, 5.41) is 5.87. The molecule has 0 saturated heterocycles. The van der Waals surface area contributed by atoms with Gasteiger partial charge in [0.25, 0.3) is 5.91 Å². The number of hydrogen-bond donors (Lipinski definition) is 2. The molecule has 0 saturated carbocycles. The number of hydrogen-bond acceptors (Lipinski definition) is 5. The van der Waals surface area contributed by atoms with E-state index < -0.39 is 0 Å². The highest BCUT2D eigenvalue weighted by Crippen LogP contribution is 2.34. The maximum atomic E-state index is 13.7. The monoisotopic (exact) mass is 365 g/mol. The predicted octanol–water partition coefficient (Wildman–Crippen LogP) is 3.81. The van der Waals surface area contributed by atoms with Crippen LogP contribution in [0.2, 0.25) is 0 Å². The summed E-state index contributed by atoms with van der Waals surface area (Å²) in [5.74, 6) is 0.592. The van der Waals surface area contributed by atoms with Crippen molar-refractivity contribution >= 4 is 17.3 Å². The molecule has 4 rings (SSSR count). The second-order valence-corrected chi connectivity index (χ2v) is 5.90. The summed E-state index contributed by atoms with van der Waals surface area (Å²) < 4.78 is 24.2. The fourth-order valence-corrected chi connectivity index (χ4v) is 2.67. The molecule has 7 heteroatoms. The fraction of sp³-hybridized carbons (Fsp3) is 0.100. The summed E-state index contributed by atoms with van der Waals surface area (Å²) >= 11 is 0. The van der Waals surface area contributed by atoms with Crippen molar-refractivity contribution in [1.82, 2.24) is 4.98 Å². The van der Waals surface area contributed by atoms with E-state index in [2.05, 4.69) is 15.6 Å². The topological polar surface area (TPSA) is 72.5 Å². The van der Waals surface area contributed by atoms with Gasteiger partial charge < -0.3 is 20.1 Å². The third-order valence-electron chi connectivity index (χ3n) is 4.06. The van der Waals surface area contributed by atoms with Crippen molar-refractivity contribution in [2.45, 2.75) is 6.54 Å². The molecule has 2 heterocycles. The summed E-state index contributed by atoms with van der Waals surface area (Å²) in [7, 11) is 0. The number of nitrogens with one attached hydrogen (secondary N) is 2. The zero-order valence-electron chi connectivity index (χ0n) is 14.2. The Morgan fingerprint density at radius 2 is 1.89 bits per heavy atom. The summed E-state index contributed by atoms with van der Waals surface area (Å²) in [6.45, 7) is 0.476. The molecule has 6 nitrogen and oxygen atoms in total. The number of rotatable bonds is 5. The lowest BCUT2D eigenvalue weighted by molar-refractivity contribution is 0.102. The van der Waals surface area contributed by atoms with Gasteiger partial charge in [-0.25, -0.2) is 4.39 Å². The van der Waals surface area contributed by atoms with Crippen LogP contribution in [0.3, 0.4) is 0 Å². The smallest absolute Gasteiger partial charge is 0.274 e. The molecule has 2 aromatic carbocycles. The van der Waals surface area contributed by atoms with Gasteiger partial charge in [-0.2, -0.15) is 0 Å². The van der Waals surface area contributed by atoms with Gasteiger partial charge in [0.05, 0.1) is 0 Å². The normalized spacial score (nSPS) is 11.9. The molecular weight excluding hydrogens is 349 g/mol. The zero-order valence-corrected chi connectivity index (χ0v) is 14.2. The van der Waals surface area contributed by atoms with Crippen molar-refractivity contribution < 1.29 is 18.7 Å². The molecule has 2 N–H and O–H groups in total. The third kappa shape index (κ3) is 3.82. The molecule has 3 aromatic rings. The van der Waals surface area contributed by atoms with Crippen LogP contribution in [0.4, 0.5) is 15.8 Å². The first-order valence-corrected chi connectivity index (χ1v) is 8.33. The second kappa shape index (κ2) is 7.33. The summed E-state index contributed by atoms with van der Waals surface area (Å²) in [6.07, 6.45) is 1.53.